The van der Waals surface area contributed by atoms with Gasteiger partial charge in [0.1, 0.15) is 36.9 Å². The van der Waals surface area contributed by atoms with Crippen LogP contribution in [0.2, 0.25) is 0 Å². The predicted octanol–water partition coefficient (Wildman–Crippen LogP) is 3.91. The maximum atomic E-state index is 14.6. The Morgan fingerprint density at radius 1 is 1.04 bits per heavy atom. The molecule has 0 radical (unpaired) electrons. The molecule has 7 atom stereocenters. The van der Waals surface area contributed by atoms with E-state index in [-0.39, 0.29) is 37.5 Å². The first-order chi connectivity index (χ1) is 26.6. The summed E-state index contributed by atoms with van der Waals surface area (Å²) in [6, 6.07) is 1.50. The molecule has 15 nitrogen and oxygen atoms in total. The molecule has 3 N–H and O–H groups in total. The number of halogens is 3. The third-order valence-corrected chi connectivity index (χ3v) is 13.8. The number of benzene rings is 1. The molecule has 4 amide bonds. The van der Waals surface area contributed by atoms with Crippen LogP contribution < -0.4 is 24.8 Å². The zero-order valence-electron chi connectivity index (χ0n) is 32.4. The van der Waals surface area contributed by atoms with Crippen LogP contribution in [-0.2, 0) is 33.9 Å². The molecule has 3 fully saturated rings. The lowest BCUT2D eigenvalue weighted by atomic mass is 9.88. The summed E-state index contributed by atoms with van der Waals surface area (Å²) < 4.78 is 90.0. The first-order valence-corrected chi connectivity index (χ1v) is 20.6. The van der Waals surface area contributed by atoms with Crippen molar-refractivity contribution in [2.75, 3.05) is 19.8 Å². The Morgan fingerprint density at radius 2 is 1.72 bits per heavy atom. The van der Waals surface area contributed by atoms with Gasteiger partial charge < -0.3 is 34.5 Å². The van der Waals surface area contributed by atoms with Gasteiger partial charge in [-0.25, -0.2) is 18.0 Å². The second-order valence-electron chi connectivity index (χ2n) is 16.6. The van der Waals surface area contributed by atoms with Gasteiger partial charge in [0.05, 0.1) is 16.9 Å². The van der Waals surface area contributed by atoms with Crippen molar-refractivity contribution in [3.63, 3.8) is 0 Å². The van der Waals surface area contributed by atoms with Crippen LogP contribution in [0.15, 0.2) is 30.4 Å². The van der Waals surface area contributed by atoms with Gasteiger partial charge in [-0.15, -0.1) is 0 Å². The van der Waals surface area contributed by atoms with Gasteiger partial charge in [0.25, 0.3) is 5.91 Å². The number of nitrogens with zero attached hydrogens (tertiary/aromatic N) is 1. The van der Waals surface area contributed by atoms with Crippen molar-refractivity contribution in [1.29, 1.82) is 0 Å². The van der Waals surface area contributed by atoms with Crippen LogP contribution in [0.3, 0.4) is 0 Å². The Morgan fingerprint density at radius 3 is 2.39 bits per heavy atom. The van der Waals surface area contributed by atoms with E-state index < -0.39 is 91.9 Å². The molecule has 3 heterocycles. The fourth-order valence-corrected chi connectivity index (χ4v) is 8.74. The van der Waals surface area contributed by atoms with Crippen molar-refractivity contribution in [3.8, 4) is 11.5 Å². The minimum Gasteiger partial charge on any atom is -0.486 e. The standard InChI is InChI=1S/C38H49F3N4O11S/c1-21-8-6-7-9-24-19-37(24,33(49)44-57(51,52)36(5)12-13-36)43-30(46)26-18-25(55-32(48)23-10-11-27-28(17-23)54-15-14-53-27)20-45(26)31(47)29(22(2)16-21)42-34(50)56-35(3,4)38(39,40)41/h7,9-11,17,21-22,24-26,29H,6,8,12-16,18-20H2,1-5H3,(H,42,50)(H,43,46)(H,44,49)/b9-7-/t21-,22+,24+,25+,26-,29-,37+/m0/s1. The topological polar surface area (TPSA) is 196 Å². The molecular formula is C38H49F3N4O11S. The number of nitrogens with one attached hydrogen (secondary N) is 3. The zero-order chi connectivity index (χ0) is 41.7. The van der Waals surface area contributed by atoms with E-state index >= 15 is 0 Å². The highest BCUT2D eigenvalue weighted by Gasteiger charge is 2.63. The summed E-state index contributed by atoms with van der Waals surface area (Å²) in [5.41, 5.74) is -4.51. The maximum Gasteiger partial charge on any atom is 0.427 e. The molecule has 6 rings (SSSR count). The normalized spacial score (nSPS) is 30.6. The summed E-state index contributed by atoms with van der Waals surface area (Å²) in [5.74, 6) is -4.08. The second-order valence-corrected chi connectivity index (χ2v) is 18.8. The van der Waals surface area contributed by atoms with Gasteiger partial charge in [-0.1, -0.05) is 26.0 Å². The van der Waals surface area contributed by atoms with Gasteiger partial charge >= 0.3 is 18.2 Å². The van der Waals surface area contributed by atoms with E-state index in [9.17, 15) is 45.6 Å². The van der Waals surface area contributed by atoms with Gasteiger partial charge in [-0.05, 0) is 89.3 Å². The molecule has 1 aromatic carbocycles. The van der Waals surface area contributed by atoms with Crippen LogP contribution in [0.25, 0.3) is 0 Å². The molecule has 19 heteroatoms. The lowest BCUT2D eigenvalue weighted by Gasteiger charge is -2.34. The summed E-state index contributed by atoms with van der Waals surface area (Å²) >= 11 is 0. The molecule has 5 aliphatic rings. The number of hydrogen-bond donors (Lipinski definition) is 3. The number of fused-ring (bicyclic) bond motifs is 3. The van der Waals surface area contributed by atoms with Crippen molar-refractivity contribution < 1.29 is 64.5 Å². The van der Waals surface area contributed by atoms with Crippen molar-refractivity contribution in [2.45, 2.75) is 120 Å². The van der Waals surface area contributed by atoms with Crippen molar-refractivity contribution in [3.05, 3.63) is 35.9 Å². The lowest BCUT2D eigenvalue weighted by molar-refractivity contribution is -0.244. The lowest BCUT2D eigenvalue weighted by Crippen LogP contribution is -2.59. The summed E-state index contributed by atoms with van der Waals surface area (Å²) in [5, 5.41) is 5.04. The number of hydrogen-bond acceptors (Lipinski definition) is 11. The number of sulfonamides is 1. The molecule has 0 spiro atoms. The number of alkyl halides is 3. The Labute approximate surface area is 328 Å². The molecule has 1 saturated heterocycles. The quantitative estimate of drug-likeness (QED) is 0.267. The van der Waals surface area contributed by atoms with Gasteiger partial charge in [0.15, 0.2) is 11.5 Å². The molecule has 2 aliphatic carbocycles. The highest BCUT2D eigenvalue weighted by Crippen LogP contribution is 2.48. The molecule has 2 saturated carbocycles. The third kappa shape index (κ3) is 8.82. The van der Waals surface area contributed by atoms with E-state index in [4.69, 9.17) is 18.9 Å². The fraction of sp³-hybridized carbons (Fsp3) is 0.658. The predicted molar refractivity (Wildman–Crippen MR) is 195 cm³/mol. The fourth-order valence-electron chi connectivity index (χ4n) is 7.43. The monoisotopic (exact) mass is 826 g/mol. The van der Waals surface area contributed by atoms with E-state index in [1.807, 2.05) is 13.0 Å². The molecular weight excluding hydrogens is 777 g/mol. The minimum absolute atomic E-state index is 0.0636. The SMILES string of the molecule is C[C@H]1CC/C=C\[C@@H]2C[C@@]2(C(=O)NS(=O)(=O)C2(C)CC2)NC(=O)[C@@H]2C[C@@H](OC(=O)c3ccc4c(c3)OCCO4)CN2C(=O)[C@@H](NC(=O)OC(C)(C)C(F)(F)F)[C@H](C)C1. The van der Waals surface area contributed by atoms with E-state index in [1.165, 1.54) is 25.1 Å². The number of amides is 4. The first-order valence-electron chi connectivity index (χ1n) is 19.1. The number of carbonyl (C=O) groups is 5. The zero-order valence-corrected chi connectivity index (χ0v) is 33.2. The smallest absolute Gasteiger partial charge is 0.427 e. The summed E-state index contributed by atoms with van der Waals surface area (Å²) in [6.45, 7) is 6.61. The first kappa shape index (κ1) is 42.1. The van der Waals surface area contributed by atoms with Crippen LogP contribution in [0, 0.1) is 17.8 Å². The van der Waals surface area contributed by atoms with Gasteiger partial charge in [0.2, 0.25) is 27.4 Å². The highest BCUT2D eigenvalue weighted by atomic mass is 32.2. The number of alkyl carbamates (subject to hydrolysis) is 1. The summed E-state index contributed by atoms with van der Waals surface area (Å²) in [6.07, 6.45) is -2.04. The van der Waals surface area contributed by atoms with Crippen molar-refractivity contribution >= 4 is 39.8 Å². The molecule has 57 heavy (non-hydrogen) atoms. The Kier molecular flexibility index (Phi) is 11.3. The molecule has 0 bridgehead atoms. The summed E-state index contributed by atoms with van der Waals surface area (Å²) in [4.78, 5) is 70.4. The van der Waals surface area contributed by atoms with Crippen LogP contribution in [0.4, 0.5) is 18.0 Å². The summed E-state index contributed by atoms with van der Waals surface area (Å²) in [7, 11) is -4.10. The Balaban J connectivity index is 1.31. The minimum atomic E-state index is -4.94. The number of rotatable bonds is 7. The number of ether oxygens (including phenoxy) is 4. The van der Waals surface area contributed by atoms with E-state index in [2.05, 4.69) is 15.4 Å². The van der Waals surface area contributed by atoms with E-state index in [0.29, 0.717) is 64.1 Å². The molecule has 1 aromatic rings. The van der Waals surface area contributed by atoms with Crippen LogP contribution in [0.5, 0.6) is 11.5 Å². The second kappa shape index (κ2) is 15.3. The van der Waals surface area contributed by atoms with Crippen LogP contribution >= 0.6 is 0 Å². The Hall–Kier alpha value is -4.55. The molecule has 314 valence electrons. The van der Waals surface area contributed by atoms with E-state index in [1.54, 1.807) is 13.0 Å². The van der Waals surface area contributed by atoms with Crippen LogP contribution in [0.1, 0.15) is 89.9 Å². The molecule has 3 aliphatic heterocycles. The third-order valence-electron chi connectivity index (χ3n) is 11.6. The highest BCUT2D eigenvalue weighted by molar-refractivity contribution is 7.91. The molecule has 0 unspecified atom stereocenters. The number of carbonyl (C=O) groups excluding carboxylic acids is 5. The number of esters is 1. The average molecular weight is 827 g/mol. The van der Waals surface area contributed by atoms with Crippen molar-refractivity contribution in [2.24, 2.45) is 17.8 Å². The van der Waals surface area contributed by atoms with Gasteiger partial charge in [-0.3, -0.25) is 19.1 Å². The van der Waals surface area contributed by atoms with E-state index in [0.717, 1.165) is 4.90 Å². The number of allylic oxidation sites excluding steroid dienone is 1. The maximum absolute atomic E-state index is 14.6. The van der Waals surface area contributed by atoms with Gasteiger partial charge in [0, 0.05) is 12.3 Å². The largest absolute Gasteiger partial charge is 0.486 e. The average Bonchev–Trinajstić information content (AvgIpc) is 4.01. The van der Waals surface area contributed by atoms with Gasteiger partial charge in [-0.2, -0.15) is 13.2 Å². The Bertz CT molecular complexity index is 1940. The van der Waals surface area contributed by atoms with Crippen LogP contribution in [-0.4, -0.2) is 103 Å². The van der Waals surface area contributed by atoms with Crippen molar-refractivity contribution in [1.82, 2.24) is 20.3 Å². The molecule has 0 aromatic heterocycles.